The molecule has 2 aliphatic rings. The lowest BCUT2D eigenvalue weighted by Gasteiger charge is -2.37. The minimum Gasteiger partial charge on any atom is -0.381 e. The van der Waals surface area contributed by atoms with Crippen molar-refractivity contribution in [3.63, 3.8) is 0 Å². The van der Waals surface area contributed by atoms with Crippen LogP contribution in [0.1, 0.15) is 12.8 Å². The third-order valence-electron chi connectivity index (χ3n) is 4.03. The maximum absolute atomic E-state index is 11.7. The number of piperidine rings is 1. The van der Waals surface area contributed by atoms with Crippen LogP contribution in [0.4, 0.5) is 16.4 Å². The molecule has 104 valence electrons. The Labute approximate surface area is 112 Å². The van der Waals surface area contributed by atoms with Gasteiger partial charge in [-0.3, -0.25) is 0 Å². The quantitative estimate of drug-likeness (QED) is 0.788. The zero-order valence-corrected chi connectivity index (χ0v) is 11.2. The normalized spacial score (nSPS) is 21.0. The Morgan fingerprint density at radius 1 is 1.37 bits per heavy atom. The number of urea groups is 1. The number of hydrogen-bond donors (Lipinski definition) is 2. The van der Waals surface area contributed by atoms with Gasteiger partial charge < -0.3 is 25.4 Å². The summed E-state index contributed by atoms with van der Waals surface area (Å²) in [4.78, 5) is 20.0. The summed E-state index contributed by atoms with van der Waals surface area (Å²) in [6.07, 6.45) is 3.71. The van der Waals surface area contributed by atoms with Crippen molar-refractivity contribution in [1.82, 2.24) is 19.8 Å². The van der Waals surface area contributed by atoms with Crippen molar-refractivity contribution < 1.29 is 4.79 Å². The Hall–Kier alpha value is -1.92. The molecule has 0 aromatic carbocycles. The Morgan fingerprint density at radius 2 is 2.11 bits per heavy atom. The third-order valence-corrected chi connectivity index (χ3v) is 4.03. The van der Waals surface area contributed by atoms with Gasteiger partial charge in [0.2, 0.25) is 0 Å². The summed E-state index contributed by atoms with van der Waals surface area (Å²) < 4.78 is 1.96. The van der Waals surface area contributed by atoms with Gasteiger partial charge in [0.1, 0.15) is 0 Å². The Morgan fingerprint density at radius 3 is 2.63 bits per heavy atom. The second kappa shape index (κ2) is 4.64. The molecule has 0 unspecified atom stereocenters. The molecule has 7 heteroatoms. The van der Waals surface area contributed by atoms with Gasteiger partial charge in [0.05, 0.1) is 6.33 Å². The molecular weight excluding hydrogens is 244 g/mol. The van der Waals surface area contributed by atoms with E-state index in [1.165, 1.54) is 0 Å². The molecule has 2 aliphatic heterocycles. The molecule has 2 saturated heterocycles. The molecule has 1 aromatic rings. The molecule has 1 aromatic heterocycles. The average molecular weight is 264 g/mol. The molecular formula is C12H20N6O. The van der Waals surface area contributed by atoms with E-state index in [4.69, 9.17) is 5.73 Å². The van der Waals surface area contributed by atoms with Crippen molar-refractivity contribution in [1.29, 1.82) is 0 Å². The molecule has 2 fully saturated rings. The minimum absolute atomic E-state index is 0.0819. The van der Waals surface area contributed by atoms with Crippen molar-refractivity contribution in [3.8, 4) is 0 Å². The summed E-state index contributed by atoms with van der Waals surface area (Å²) >= 11 is 0. The molecule has 19 heavy (non-hydrogen) atoms. The van der Waals surface area contributed by atoms with Crippen molar-refractivity contribution in [2.24, 2.45) is 7.05 Å². The van der Waals surface area contributed by atoms with Crippen molar-refractivity contribution >= 4 is 17.7 Å². The van der Waals surface area contributed by atoms with Crippen LogP contribution in [0.5, 0.6) is 0 Å². The van der Waals surface area contributed by atoms with E-state index >= 15 is 0 Å². The molecule has 0 spiro atoms. The standard InChI is InChI=1S/C12H20N6O/c1-16-8-15-10(13)11(16)17-5-2-9(3-6-17)18-7-4-14-12(18)19/h8-9H,2-7,13H2,1H3,(H,14,19). The van der Waals surface area contributed by atoms with Crippen LogP contribution in [0.3, 0.4) is 0 Å². The fourth-order valence-electron chi connectivity index (χ4n) is 3.05. The summed E-state index contributed by atoms with van der Waals surface area (Å²) in [5, 5.41) is 2.86. The van der Waals surface area contributed by atoms with Gasteiger partial charge in [0.15, 0.2) is 11.6 Å². The highest BCUT2D eigenvalue weighted by Gasteiger charge is 2.31. The van der Waals surface area contributed by atoms with E-state index in [2.05, 4.69) is 15.2 Å². The van der Waals surface area contributed by atoms with E-state index in [1.807, 2.05) is 16.5 Å². The Balaban J connectivity index is 1.65. The van der Waals surface area contributed by atoms with Gasteiger partial charge in [0.25, 0.3) is 0 Å². The lowest BCUT2D eigenvalue weighted by molar-refractivity contribution is 0.186. The number of nitrogens with two attached hydrogens (primary N) is 1. The van der Waals surface area contributed by atoms with Gasteiger partial charge >= 0.3 is 6.03 Å². The topological polar surface area (TPSA) is 79.4 Å². The number of hydrogen-bond acceptors (Lipinski definition) is 4. The Kier molecular flexibility index (Phi) is 2.96. The van der Waals surface area contributed by atoms with Crippen LogP contribution in [0.15, 0.2) is 6.33 Å². The number of aromatic nitrogens is 2. The molecule has 0 bridgehead atoms. The number of aryl methyl sites for hydroxylation is 1. The number of nitrogens with one attached hydrogen (secondary N) is 1. The highest BCUT2D eigenvalue weighted by molar-refractivity contribution is 5.76. The maximum atomic E-state index is 11.7. The fourth-order valence-corrected chi connectivity index (χ4v) is 3.05. The second-order valence-electron chi connectivity index (χ2n) is 5.21. The van der Waals surface area contributed by atoms with E-state index in [1.54, 1.807) is 6.33 Å². The molecule has 0 aliphatic carbocycles. The summed E-state index contributed by atoms with van der Waals surface area (Å²) in [5.41, 5.74) is 5.90. The van der Waals surface area contributed by atoms with Gasteiger partial charge in [-0.15, -0.1) is 0 Å². The largest absolute Gasteiger partial charge is 0.381 e. The number of nitrogen functional groups attached to an aromatic ring is 1. The van der Waals surface area contributed by atoms with Crippen molar-refractivity contribution in [3.05, 3.63) is 6.33 Å². The average Bonchev–Trinajstić information content (AvgIpc) is 2.97. The number of rotatable bonds is 2. The molecule has 0 radical (unpaired) electrons. The van der Waals surface area contributed by atoms with E-state index in [0.29, 0.717) is 11.9 Å². The Bertz CT molecular complexity index is 457. The van der Waals surface area contributed by atoms with E-state index in [-0.39, 0.29) is 6.03 Å². The summed E-state index contributed by atoms with van der Waals surface area (Å²) in [7, 11) is 1.96. The zero-order valence-electron chi connectivity index (χ0n) is 11.2. The monoisotopic (exact) mass is 264 g/mol. The highest BCUT2D eigenvalue weighted by atomic mass is 16.2. The molecule has 2 amide bonds. The maximum Gasteiger partial charge on any atom is 0.317 e. The molecule has 3 N–H and O–H groups in total. The van der Waals surface area contributed by atoms with Crippen molar-refractivity contribution in [2.75, 3.05) is 36.8 Å². The minimum atomic E-state index is 0.0819. The number of nitrogens with zero attached hydrogens (tertiary/aromatic N) is 4. The summed E-state index contributed by atoms with van der Waals surface area (Å²) in [6.45, 7) is 3.43. The van der Waals surface area contributed by atoms with Crippen molar-refractivity contribution in [2.45, 2.75) is 18.9 Å². The zero-order chi connectivity index (χ0) is 13.4. The molecule has 7 nitrogen and oxygen atoms in total. The van der Waals surface area contributed by atoms with Crippen LogP contribution >= 0.6 is 0 Å². The smallest absolute Gasteiger partial charge is 0.317 e. The summed E-state index contributed by atoms with van der Waals surface area (Å²) in [6, 6.07) is 0.437. The molecule has 0 atom stereocenters. The predicted molar refractivity (Wildman–Crippen MR) is 73.0 cm³/mol. The van der Waals surface area contributed by atoms with E-state index < -0.39 is 0 Å². The number of carbonyl (C=O) groups is 1. The number of amides is 2. The predicted octanol–water partition coefficient (Wildman–Crippen LogP) is -0.00370. The van der Waals surface area contributed by atoms with E-state index in [9.17, 15) is 4.79 Å². The third kappa shape index (κ3) is 2.09. The van der Waals surface area contributed by atoms with Crippen LogP contribution in [0.2, 0.25) is 0 Å². The first-order valence-corrected chi connectivity index (χ1v) is 6.73. The van der Waals surface area contributed by atoms with E-state index in [0.717, 1.165) is 44.8 Å². The van der Waals surface area contributed by atoms with Crippen LogP contribution in [0, 0.1) is 0 Å². The molecule has 3 heterocycles. The summed E-state index contributed by atoms with van der Waals surface area (Å²) in [5.74, 6) is 1.57. The number of imidazole rings is 1. The number of carbonyl (C=O) groups excluding carboxylic acids is 1. The first-order chi connectivity index (χ1) is 9.16. The first-order valence-electron chi connectivity index (χ1n) is 6.73. The van der Waals surface area contributed by atoms with Crippen LogP contribution in [0.25, 0.3) is 0 Å². The van der Waals surface area contributed by atoms with Gasteiger partial charge in [-0.25, -0.2) is 9.78 Å². The second-order valence-corrected chi connectivity index (χ2v) is 5.21. The van der Waals surface area contributed by atoms with Crippen LogP contribution in [-0.2, 0) is 7.05 Å². The van der Waals surface area contributed by atoms with Crippen LogP contribution in [-0.4, -0.2) is 52.7 Å². The van der Waals surface area contributed by atoms with Gasteiger partial charge in [0, 0.05) is 39.3 Å². The van der Waals surface area contributed by atoms with Gasteiger partial charge in [-0.05, 0) is 12.8 Å². The lowest BCUT2D eigenvalue weighted by atomic mass is 10.0. The fraction of sp³-hybridized carbons (Fsp3) is 0.667. The first kappa shape index (κ1) is 12.1. The molecule has 0 saturated carbocycles. The van der Waals surface area contributed by atoms with Crippen LogP contribution < -0.4 is 16.0 Å². The van der Waals surface area contributed by atoms with Gasteiger partial charge in [-0.1, -0.05) is 0 Å². The highest BCUT2D eigenvalue weighted by Crippen LogP contribution is 2.26. The lowest BCUT2D eigenvalue weighted by Crippen LogP contribution is -2.46. The molecule has 3 rings (SSSR count). The number of anilines is 2. The SMILES string of the molecule is Cn1cnc(N)c1N1CCC(N2CCNC2=O)CC1. The van der Waals surface area contributed by atoms with Gasteiger partial charge in [-0.2, -0.15) is 0 Å².